The molecule has 0 radical (unpaired) electrons. The van der Waals surface area contributed by atoms with Crippen molar-refractivity contribution in [1.82, 2.24) is 9.88 Å². The standard InChI is InChI=1S/C19H21F3N2O5/c1-10-16(12(3)25)11(2)23-17(10)14(26)9-29-18(28)13-5-4-7-24(13)8-6-15(27)19(20,21)22/h6,8,13,23H,4-5,7,9H2,1-3H3/b8-6+. The number of esters is 1. The van der Waals surface area contributed by atoms with Gasteiger partial charge >= 0.3 is 12.1 Å². The number of alkyl halides is 3. The first-order valence-corrected chi connectivity index (χ1v) is 8.88. The molecule has 10 heteroatoms. The zero-order valence-corrected chi connectivity index (χ0v) is 16.2. The summed E-state index contributed by atoms with van der Waals surface area (Å²) < 4.78 is 41.9. The number of likely N-dealkylation sites (tertiary alicyclic amines) is 1. The molecule has 1 saturated heterocycles. The lowest BCUT2D eigenvalue weighted by atomic mass is 10.1. The first kappa shape index (κ1) is 22.4. The zero-order valence-electron chi connectivity index (χ0n) is 16.2. The lowest BCUT2D eigenvalue weighted by Crippen LogP contribution is -2.35. The van der Waals surface area contributed by atoms with Gasteiger partial charge in [0.25, 0.3) is 5.78 Å². The average molecular weight is 414 g/mol. The Morgan fingerprint density at radius 1 is 1.24 bits per heavy atom. The maximum Gasteiger partial charge on any atom is 0.454 e. The van der Waals surface area contributed by atoms with Crippen LogP contribution in [-0.4, -0.2) is 58.6 Å². The van der Waals surface area contributed by atoms with Crippen molar-refractivity contribution in [1.29, 1.82) is 0 Å². The summed E-state index contributed by atoms with van der Waals surface area (Å²) >= 11 is 0. The third-order valence-corrected chi connectivity index (χ3v) is 4.68. The minimum Gasteiger partial charge on any atom is -0.456 e. The van der Waals surface area contributed by atoms with Crippen molar-refractivity contribution >= 4 is 23.3 Å². The molecule has 2 rings (SSSR count). The summed E-state index contributed by atoms with van der Waals surface area (Å²) in [7, 11) is 0. The fourth-order valence-electron chi connectivity index (χ4n) is 3.34. The molecule has 2 heterocycles. The van der Waals surface area contributed by atoms with E-state index in [9.17, 15) is 32.3 Å². The van der Waals surface area contributed by atoms with Crippen LogP contribution in [0.2, 0.25) is 0 Å². The number of rotatable bonds is 7. The molecule has 29 heavy (non-hydrogen) atoms. The SMILES string of the molecule is CC(=O)c1c(C)[nH]c(C(=O)COC(=O)C2CCCN2/C=C/C(=O)C(F)(F)F)c1C. The number of nitrogens with one attached hydrogen (secondary N) is 1. The van der Waals surface area contributed by atoms with Crippen LogP contribution in [-0.2, 0) is 14.3 Å². The lowest BCUT2D eigenvalue weighted by Gasteiger charge is -2.21. The highest BCUT2D eigenvalue weighted by atomic mass is 19.4. The number of aromatic amines is 1. The van der Waals surface area contributed by atoms with Gasteiger partial charge in [0.2, 0.25) is 5.78 Å². The number of aromatic nitrogens is 1. The molecule has 0 aromatic carbocycles. The number of ketones is 3. The van der Waals surface area contributed by atoms with Crippen molar-refractivity contribution in [2.45, 2.75) is 45.8 Å². The molecule has 1 aromatic heterocycles. The Balaban J connectivity index is 2.00. The van der Waals surface area contributed by atoms with Crippen molar-refractivity contribution in [2.24, 2.45) is 0 Å². The number of hydrogen-bond acceptors (Lipinski definition) is 6. The zero-order chi connectivity index (χ0) is 21.9. The average Bonchev–Trinajstić information content (AvgIpc) is 3.20. The van der Waals surface area contributed by atoms with E-state index >= 15 is 0 Å². The monoisotopic (exact) mass is 414 g/mol. The van der Waals surface area contributed by atoms with Gasteiger partial charge in [-0.25, -0.2) is 4.79 Å². The molecule has 1 unspecified atom stereocenters. The summed E-state index contributed by atoms with van der Waals surface area (Å²) in [4.78, 5) is 51.3. The number of H-pyrrole nitrogens is 1. The molecule has 7 nitrogen and oxygen atoms in total. The molecule has 1 atom stereocenters. The van der Waals surface area contributed by atoms with Gasteiger partial charge < -0.3 is 14.6 Å². The third-order valence-electron chi connectivity index (χ3n) is 4.68. The minimum absolute atomic E-state index is 0.166. The topological polar surface area (TPSA) is 96.5 Å². The van der Waals surface area contributed by atoms with E-state index in [0.717, 1.165) is 6.20 Å². The number of aryl methyl sites for hydroxylation is 1. The predicted octanol–water partition coefficient (Wildman–Crippen LogP) is 2.67. The van der Waals surface area contributed by atoms with Gasteiger partial charge in [-0.05, 0) is 39.2 Å². The number of ether oxygens (including phenoxy) is 1. The Hall–Kier alpha value is -2.91. The van der Waals surface area contributed by atoms with Crippen molar-refractivity contribution in [2.75, 3.05) is 13.2 Å². The molecule has 1 aliphatic rings. The summed E-state index contributed by atoms with van der Waals surface area (Å²) in [6.07, 6.45) is -2.84. The molecule has 0 spiro atoms. The Labute approximate surface area is 164 Å². The van der Waals surface area contributed by atoms with Gasteiger partial charge in [-0.2, -0.15) is 13.2 Å². The van der Waals surface area contributed by atoms with Crippen LogP contribution < -0.4 is 0 Å². The van der Waals surface area contributed by atoms with Crippen molar-refractivity contribution in [3.8, 4) is 0 Å². The van der Waals surface area contributed by atoms with Gasteiger partial charge in [-0.1, -0.05) is 0 Å². The lowest BCUT2D eigenvalue weighted by molar-refractivity contribution is -0.165. The molecule has 1 aliphatic heterocycles. The molecule has 158 valence electrons. The van der Waals surface area contributed by atoms with Crippen LogP contribution in [0.3, 0.4) is 0 Å². The highest BCUT2D eigenvalue weighted by Gasteiger charge is 2.37. The molecule has 0 bridgehead atoms. The summed E-state index contributed by atoms with van der Waals surface area (Å²) in [5.74, 6) is -3.52. The molecule has 1 N–H and O–H groups in total. The molecule has 0 amide bonds. The maximum atomic E-state index is 12.4. The van der Waals surface area contributed by atoms with E-state index in [0.29, 0.717) is 35.7 Å². The Bertz CT molecular complexity index is 870. The third kappa shape index (κ3) is 5.12. The summed E-state index contributed by atoms with van der Waals surface area (Å²) in [5, 5.41) is 0. The van der Waals surface area contributed by atoms with E-state index < -0.39 is 36.4 Å². The number of halogens is 3. The summed E-state index contributed by atoms with van der Waals surface area (Å²) in [5.41, 5.74) is 1.57. The molecule has 0 aliphatic carbocycles. The number of hydrogen-bond donors (Lipinski definition) is 1. The van der Waals surface area contributed by atoms with Crippen LogP contribution in [0.1, 0.15) is 51.9 Å². The van der Waals surface area contributed by atoms with Crippen LogP contribution in [0.5, 0.6) is 0 Å². The van der Waals surface area contributed by atoms with Gasteiger partial charge in [-0.3, -0.25) is 14.4 Å². The van der Waals surface area contributed by atoms with E-state index in [1.807, 2.05) is 0 Å². The van der Waals surface area contributed by atoms with Gasteiger partial charge in [-0.15, -0.1) is 0 Å². The Kier molecular flexibility index (Phi) is 6.66. The predicted molar refractivity (Wildman–Crippen MR) is 95.5 cm³/mol. The van der Waals surface area contributed by atoms with Crippen molar-refractivity contribution < 1.29 is 37.1 Å². The van der Waals surface area contributed by atoms with E-state index in [1.54, 1.807) is 13.8 Å². The van der Waals surface area contributed by atoms with Gasteiger partial charge in [0, 0.05) is 30.1 Å². The van der Waals surface area contributed by atoms with E-state index in [2.05, 4.69) is 4.98 Å². The van der Waals surface area contributed by atoms with Gasteiger partial charge in [0.1, 0.15) is 6.04 Å². The van der Waals surface area contributed by atoms with Crippen LogP contribution >= 0.6 is 0 Å². The number of carbonyl (C=O) groups is 4. The van der Waals surface area contributed by atoms with Gasteiger partial charge in [0.05, 0.1) is 5.69 Å². The van der Waals surface area contributed by atoms with Crippen LogP contribution in [0.4, 0.5) is 13.2 Å². The molecule has 1 fully saturated rings. The highest BCUT2D eigenvalue weighted by Crippen LogP contribution is 2.22. The molecule has 0 saturated carbocycles. The second-order valence-corrected chi connectivity index (χ2v) is 6.79. The summed E-state index contributed by atoms with van der Waals surface area (Å²) in [6, 6.07) is -0.876. The largest absolute Gasteiger partial charge is 0.456 e. The fourth-order valence-corrected chi connectivity index (χ4v) is 3.34. The fraction of sp³-hybridized carbons (Fsp3) is 0.474. The maximum absolute atomic E-state index is 12.4. The second-order valence-electron chi connectivity index (χ2n) is 6.79. The minimum atomic E-state index is -4.98. The van der Waals surface area contributed by atoms with Crippen molar-refractivity contribution in [3.05, 3.63) is 34.8 Å². The van der Waals surface area contributed by atoms with E-state index in [-0.39, 0.29) is 18.0 Å². The first-order valence-electron chi connectivity index (χ1n) is 8.88. The number of allylic oxidation sites excluding steroid dienone is 1. The Morgan fingerprint density at radius 2 is 1.90 bits per heavy atom. The Morgan fingerprint density at radius 3 is 2.45 bits per heavy atom. The van der Waals surface area contributed by atoms with Crippen LogP contribution in [0, 0.1) is 13.8 Å². The van der Waals surface area contributed by atoms with E-state index in [1.165, 1.54) is 11.8 Å². The first-order chi connectivity index (χ1) is 13.4. The molecule has 1 aromatic rings. The number of nitrogens with zero attached hydrogens (tertiary/aromatic N) is 1. The van der Waals surface area contributed by atoms with Gasteiger partial charge in [0.15, 0.2) is 12.4 Å². The molecular formula is C19H21F3N2O5. The van der Waals surface area contributed by atoms with Crippen LogP contribution in [0.25, 0.3) is 0 Å². The van der Waals surface area contributed by atoms with Crippen molar-refractivity contribution in [3.63, 3.8) is 0 Å². The normalized spacial score (nSPS) is 17.0. The second kappa shape index (κ2) is 8.62. The van der Waals surface area contributed by atoms with E-state index in [4.69, 9.17) is 4.74 Å². The summed E-state index contributed by atoms with van der Waals surface area (Å²) in [6.45, 7) is 4.34. The van der Waals surface area contributed by atoms with Crippen LogP contribution in [0.15, 0.2) is 12.3 Å². The number of carbonyl (C=O) groups excluding carboxylic acids is 4. The highest BCUT2D eigenvalue weighted by molar-refractivity contribution is 6.04. The quantitative estimate of drug-likeness (QED) is 0.419. The smallest absolute Gasteiger partial charge is 0.454 e. The number of Topliss-reactive ketones (excluding diaryl/α,β-unsaturated/α-hetero) is 2. The molecular weight excluding hydrogens is 393 g/mol.